The zero-order chi connectivity index (χ0) is 20.9. The summed E-state index contributed by atoms with van der Waals surface area (Å²) < 4.78 is 5.39. The molecular weight excluding hydrogens is 352 g/mol. The Morgan fingerprint density at radius 1 is 1.07 bits per heavy atom. The molecule has 0 fully saturated rings. The number of nitrogens with one attached hydrogen (secondary N) is 1. The highest BCUT2D eigenvalue weighted by atomic mass is 16.5. The largest absolute Gasteiger partial charge is 0.495 e. The third-order valence-corrected chi connectivity index (χ3v) is 4.64. The number of amides is 2. The monoisotopic (exact) mass is 382 g/mol. The van der Waals surface area contributed by atoms with Crippen molar-refractivity contribution in [3.8, 4) is 5.75 Å². The summed E-state index contributed by atoms with van der Waals surface area (Å²) >= 11 is 0. The fourth-order valence-corrected chi connectivity index (χ4v) is 2.96. The Bertz CT molecular complexity index is 836. The van der Waals surface area contributed by atoms with E-state index in [1.807, 2.05) is 49.4 Å². The molecule has 0 atom stereocenters. The SMILES string of the molecule is COc1ccc(C)cc1N(CCNC(=O)c1ccc(C(C)(C)C)cc1)C(C)=O. The number of nitrogens with zero attached hydrogens (tertiary/aromatic N) is 1. The van der Waals surface area contributed by atoms with E-state index in [0.717, 1.165) is 5.56 Å². The Labute approximate surface area is 167 Å². The first-order chi connectivity index (χ1) is 13.1. The highest BCUT2D eigenvalue weighted by molar-refractivity contribution is 5.95. The number of benzene rings is 2. The van der Waals surface area contributed by atoms with Gasteiger partial charge in [0.25, 0.3) is 5.91 Å². The summed E-state index contributed by atoms with van der Waals surface area (Å²) in [7, 11) is 1.58. The lowest BCUT2D eigenvalue weighted by Crippen LogP contribution is -2.37. The van der Waals surface area contributed by atoms with Crippen molar-refractivity contribution in [1.29, 1.82) is 0 Å². The summed E-state index contributed by atoms with van der Waals surface area (Å²) in [6.45, 7) is 10.6. The Balaban J connectivity index is 2.04. The molecule has 2 aromatic rings. The molecular formula is C23H30N2O3. The van der Waals surface area contributed by atoms with E-state index < -0.39 is 0 Å². The molecule has 2 aromatic carbocycles. The lowest BCUT2D eigenvalue weighted by Gasteiger charge is -2.24. The van der Waals surface area contributed by atoms with Crippen molar-refractivity contribution in [2.45, 2.75) is 40.0 Å². The molecule has 0 saturated heterocycles. The molecule has 2 amide bonds. The number of ether oxygens (including phenoxy) is 1. The van der Waals surface area contributed by atoms with Crippen molar-refractivity contribution >= 4 is 17.5 Å². The van der Waals surface area contributed by atoms with Gasteiger partial charge in [-0.3, -0.25) is 9.59 Å². The first-order valence-electron chi connectivity index (χ1n) is 9.45. The van der Waals surface area contributed by atoms with Gasteiger partial charge in [0.15, 0.2) is 0 Å². The zero-order valence-electron chi connectivity index (χ0n) is 17.6. The number of anilines is 1. The van der Waals surface area contributed by atoms with Crippen molar-refractivity contribution < 1.29 is 14.3 Å². The molecule has 0 aliphatic heterocycles. The van der Waals surface area contributed by atoms with Crippen LogP contribution >= 0.6 is 0 Å². The fourth-order valence-electron chi connectivity index (χ4n) is 2.96. The number of carbonyl (C=O) groups is 2. The summed E-state index contributed by atoms with van der Waals surface area (Å²) in [4.78, 5) is 26.2. The molecule has 0 aliphatic carbocycles. The minimum absolute atomic E-state index is 0.0455. The van der Waals surface area contributed by atoms with Gasteiger partial charge in [0.1, 0.15) is 5.75 Å². The predicted molar refractivity (Wildman–Crippen MR) is 113 cm³/mol. The normalized spacial score (nSPS) is 11.1. The summed E-state index contributed by atoms with van der Waals surface area (Å²) in [5.41, 5.74) is 3.57. The van der Waals surface area contributed by atoms with E-state index in [2.05, 4.69) is 26.1 Å². The van der Waals surface area contributed by atoms with Crippen LogP contribution in [0.3, 0.4) is 0 Å². The van der Waals surface area contributed by atoms with Crippen molar-refractivity contribution in [1.82, 2.24) is 5.32 Å². The van der Waals surface area contributed by atoms with E-state index in [-0.39, 0.29) is 17.2 Å². The molecule has 0 aromatic heterocycles. The maximum absolute atomic E-state index is 12.4. The van der Waals surface area contributed by atoms with Gasteiger partial charge in [0.05, 0.1) is 12.8 Å². The van der Waals surface area contributed by atoms with E-state index in [0.29, 0.717) is 30.1 Å². The summed E-state index contributed by atoms with van der Waals surface area (Å²) in [6, 6.07) is 13.3. The van der Waals surface area contributed by atoms with Gasteiger partial charge in [0.2, 0.25) is 5.91 Å². The molecule has 0 radical (unpaired) electrons. The molecule has 0 saturated carbocycles. The lowest BCUT2D eigenvalue weighted by molar-refractivity contribution is -0.116. The van der Waals surface area contributed by atoms with Gasteiger partial charge in [-0.05, 0) is 47.7 Å². The van der Waals surface area contributed by atoms with Crippen LogP contribution in [0.5, 0.6) is 5.75 Å². The second-order valence-corrected chi connectivity index (χ2v) is 7.93. The van der Waals surface area contributed by atoms with Crippen LogP contribution in [0.2, 0.25) is 0 Å². The van der Waals surface area contributed by atoms with E-state index >= 15 is 0 Å². The van der Waals surface area contributed by atoms with Crippen LogP contribution in [-0.4, -0.2) is 32.0 Å². The quantitative estimate of drug-likeness (QED) is 0.819. The van der Waals surface area contributed by atoms with Gasteiger partial charge in [-0.1, -0.05) is 39.0 Å². The zero-order valence-corrected chi connectivity index (χ0v) is 17.6. The van der Waals surface area contributed by atoms with Gasteiger partial charge in [-0.2, -0.15) is 0 Å². The number of hydrogen-bond donors (Lipinski definition) is 1. The molecule has 0 unspecified atom stereocenters. The van der Waals surface area contributed by atoms with E-state index in [4.69, 9.17) is 4.74 Å². The van der Waals surface area contributed by atoms with Crippen molar-refractivity contribution in [3.05, 3.63) is 59.2 Å². The number of hydrogen-bond acceptors (Lipinski definition) is 3. The van der Waals surface area contributed by atoms with Gasteiger partial charge in [0, 0.05) is 25.6 Å². The van der Waals surface area contributed by atoms with Crippen LogP contribution < -0.4 is 15.0 Å². The summed E-state index contributed by atoms with van der Waals surface area (Å²) in [5, 5.41) is 2.89. The Hall–Kier alpha value is -2.82. The minimum Gasteiger partial charge on any atom is -0.495 e. The van der Waals surface area contributed by atoms with Crippen molar-refractivity contribution in [2.75, 3.05) is 25.1 Å². The summed E-state index contributed by atoms with van der Waals surface area (Å²) in [5.74, 6) is 0.373. The van der Waals surface area contributed by atoms with E-state index in [1.165, 1.54) is 12.5 Å². The molecule has 0 heterocycles. The standard InChI is InChI=1S/C23H30N2O3/c1-16-7-12-21(28-6)20(15-16)25(17(2)26)14-13-24-22(27)18-8-10-19(11-9-18)23(3,4)5/h7-12,15H,13-14H2,1-6H3,(H,24,27). The molecule has 0 aliphatic rings. The highest BCUT2D eigenvalue weighted by Crippen LogP contribution is 2.29. The minimum atomic E-state index is -0.153. The summed E-state index contributed by atoms with van der Waals surface area (Å²) in [6.07, 6.45) is 0. The molecule has 2 rings (SSSR count). The lowest BCUT2D eigenvalue weighted by atomic mass is 9.87. The van der Waals surface area contributed by atoms with Crippen LogP contribution in [0.1, 0.15) is 49.2 Å². The average molecular weight is 383 g/mol. The third-order valence-electron chi connectivity index (χ3n) is 4.64. The molecule has 0 bridgehead atoms. The maximum atomic E-state index is 12.4. The Morgan fingerprint density at radius 2 is 1.71 bits per heavy atom. The number of aryl methyl sites for hydroxylation is 1. The number of carbonyl (C=O) groups excluding carboxylic acids is 2. The van der Waals surface area contributed by atoms with Crippen LogP contribution in [0, 0.1) is 6.92 Å². The van der Waals surface area contributed by atoms with Crippen LogP contribution in [0.25, 0.3) is 0 Å². The van der Waals surface area contributed by atoms with Crippen LogP contribution in [0.15, 0.2) is 42.5 Å². The van der Waals surface area contributed by atoms with Crippen LogP contribution in [0.4, 0.5) is 5.69 Å². The molecule has 1 N–H and O–H groups in total. The van der Waals surface area contributed by atoms with E-state index in [9.17, 15) is 9.59 Å². The van der Waals surface area contributed by atoms with Gasteiger partial charge in [-0.15, -0.1) is 0 Å². The average Bonchev–Trinajstić information content (AvgIpc) is 2.64. The Morgan fingerprint density at radius 3 is 2.25 bits per heavy atom. The first kappa shape index (κ1) is 21.5. The third kappa shape index (κ3) is 5.35. The number of rotatable bonds is 6. The van der Waals surface area contributed by atoms with Gasteiger partial charge >= 0.3 is 0 Å². The van der Waals surface area contributed by atoms with Crippen molar-refractivity contribution in [3.63, 3.8) is 0 Å². The van der Waals surface area contributed by atoms with Gasteiger partial charge in [-0.25, -0.2) is 0 Å². The smallest absolute Gasteiger partial charge is 0.251 e. The Kier molecular flexibility index (Phi) is 6.84. The highest BCUT2D eigenvalue weighted by Gasteiger charge is 2.17. The topological polar surface area (TPSA) is 58.6 Å². The maximum Gasteiger partial charge on any atom is 0.251 e. The van der Waals surface area contributed by atoms with E-state index in [1.54, 1.807) is 12.0 Å². The number of methoxy groups -OCH3 is 1. The fraction of sp³-hybridized carbons (Fsp3) is 0.391. The second kappa shape index (κ2) is 8.91. The van der Waals surface area contributed by atoms with Crippen LogP contribution in [-0.2, 0) is 10.2 Å². The first-order valence-corrected chi connectivity index (χ1v) is 9.45. The molecule has 150 valence electrons. The van der Waals surface area contributed by atoms with Crippen molar-refractivity contribution in [2.24, 2.45) is 0 Å². The molecule has 28 heavy (non-hydrogen) atoms. The molecule has 5 nitrogen and oxygen atoms in total. The second-order valence-electron chi connectivity index (χ2n) is 7.93. The van der Waals surface area contributed by atoms with Gasteiger partial charge < -0.3 is 15.0 Å². The predicted octanol–water partition coefficient (Wildman–Crippen LogP) is 4.08. The molecule has 0 spiro atoms. The molecule has 5 heteroatoms.